The maximum atomic E-state index is 11.7. The van der Waals surface area contributed by atoms with Crippen LogP contribution in [0.15, 0.2) is 52.5 Å². The minimum absolute atomic E-state index is 0.134. The van der Waals surface area contributed by atoms with E-state index in [4.69, 9.17) is 4.74 Å². The van der Waals surface area contributed by atoms with E-state index in [-0.39, 0.29) is 5.78 Å². The number of pyridine rings is 1. The molecule has 0 aliphatic heterocycles. The van der Waals surface area contributed by atoms with Crippen molar-refractivity contribution in [3.63, 3.8) is 0 Å². The van der Waals surface area contributed by atoms with E-state index >= 15 is 0 Å². The number of nitrogens with zero attached hydrogens (tertiary/aromatic N) is 1. The van der Waals surface area contributed by atoms with E-state index in [1.807, 2.05) is 37.3 Å². The van der Waals surface area contributed by atoms with Crippen molar-refractivity contribution in [3.05, 3.63) is 48.2 Å². The zero-order valence-corrected chi connectivity index (χ0v) is 11.7. The first kappa shape index (κ1) is 13.6. The van der Waals surface area contributed by atoms with E-state index in [0.717, 1.165) is 15.7 Å². The van der Waals surface area contributed by atoms with E-state index in [1.54, 1.807) is 19.4 Å². The van der Waals surface area contributed by atoms with Crippen LogP contribution in [-0.4, -0.2) is 17.9 Å². The first-order chi connectivity index (χ1) is 9.22. The van der Waals surface area contributed by atoms with Gasteiger partial charge in [0.1, 0.15) is 10.8 Å². The molecular formula is C15H15NO2S. The monoisotopic (exact) mass is 273 g/mol. The number of ketones is 1. The minimum atomic E-state index is 0.134. The van der Waals surface area contributed by atoms with Crippen molar-refractivity contribution in [1.82, 2.24) is 4.98 Å². The molecule has 4 heteroatoms. The molecule has 1 heterocycles. The first-order valence-electron chi connectivity index (χ1n) is 6.04. The molecule has 19 heavy (non-hydrogen) atoms. The molecule has 1 aromatic carbocycles. The Balaban J connectivity index is 2.20. The van der Waals surface area contributed by atoms with Crippen LogP contribution in [0.4, 0.5) is 0 Å². The van der Waals surface area contributed by atoms with Gasteiger partial charge in [-0.1, -0.05) is 24.8 Å². The molecule has 0 atom stereocenters. The number of aromatic nitrogens is 1. The van der Waals surface area contributed by atoms with Crippen LogP contribution in [0.1, 0.15) is 23.7 Å². The van der Waals surface area contributed by atoms with Crippen molar-refractivity contribution in [2.75, 3.05) is 7.11 Å². The third-order valence-electron chi connectivity index (χ3n) is 2.64. The van der Waals surface area contributed by atoms with Gasteiger partial charge in [0.2, 0.25) is 0 Å². The van der Waals surface area contributed by atoms with Gasteiger partial charge in [0, 0.05) is 23.1 Å². The second kappa shape index (κ2) is 6.38. The van der Waals surface area contributed by atoms with Crippen molar-refractivity contribution >= 4 is 17.5 Å². The van der Waals surface area contributed by atoms with Crippen molar-refractivity contribution in [3.8, 4) is 5.75 Å². The Morgan fingerprint density at radius 1 is 1.32 bits per heavy atom. The summed E-state index contributed by atoms with van der Waals surface area (Å²) in [7, 11) is 1.64. The van der Waals surface area contributed by atoms with Gasteiger partial charge in [-0.15, -0.1) is 0 Å². The average molecular weight is 273 g/mol. The lowest BCUT2D eigenvalue weighted by molar-refractivity contribution is 0.0988. The summed E-state index contributed by atoms with van der Waals surface area (Å²) in [6.07, 6.45) is 2.18. The summed E-state index contributed by atoms with van der Waals surface area (Å²) in [6, 6.07) is 11.3. The molecule has 0 N–H and O–H groups in total. The SMILES string of the molecule is CCC(=O)c1ccnc(Sc2cccc(OC)c2)c1. The molecular weight excluding hydrogens is 258 g/mol. The molecule has 0 spiro atoms. The molecule has 0 aliphatic carbocycles. The molecule has 98 valence electrons. The molecule has 2 aromatic rings. The quantitative estimate of drug-likeness (QED) is 0.776. The summed E-state index contributed by atoms with van der Waals surface area (Å²) < 4.78 is 5.18. The van der Waals surface area contributed by atoms with Crippen LogP contribution < -0.4 is 4.74 Å². The molecule has 0 radical (unpaired) electrons. The van der Waals surface area contributed by atoms with Gasteiger partial charge in [0.25, 0.3) is 0 Å². The number of ether oxygens (including phenoxy) is 1. The Morgan fingerprint density at radius 2 is 2.16 bits per heavy atom. The summed E-state index contributed by atoms with van der Waals surface area (Å²) in [5.41, 5.74) is 0.711. The van der Waals surface area contributed by atoms with Crippen molar-refractivity contribution in [2.45, 2.75) is 23.3 Å². The second-order valence-electron chi connectivity index (χ2n) is 3.94. The Labute approximate surface area is 117 Å². The standard InChI is InChI=1S/C15H15NO2S/c1-3-14(17)11-7-8-16-15(9-11)19-13-6-4-5-12(10-13)18-2/h4-10H,3H2,1-2H3. The molecule has 0 fully saturated rings. The predicted molar refractivity (Wildman–Crippen MR) is 76.0 cm³/mol. The maximum Gasteiger partial charge on any atom is 0.162 e. The topological polar surface area (TPSA) is 39.2 Å². The lowest BCUT2D eigenvalue weighted by Gasteiger charge is -2.05. The normalized spacial score (nSPS) is 10.2. The summed E-state index contributed by atoms with van der Waals surface area (Å²) >= 11 is 1.52. The maximum absolute atomic E-state index is 11.7. The fourth-order valence-electron chi connectivity index (χ4n) is 1.63. The van der Waals surface area contributed by atoms with E-state index in [1.165, 1.54) is 11.8 Å². The first-order valence-corrected chi connectivity index (χ1v) is 6.85. The molecule has 0 amide bonds. The van der Waals surface area contributed by atoms with Crippen LogP contribution >= 0.6 is 11.8 Å². The third-order valence-corrected chi connectivity index (χ3v) is 3.56. The third kappa shape index (κ3) is 3.58. The van der Waals surface area contributed by atoms with Gasteiger partial charge < -0.3 is 4.74 Å². The van der Waals surface area contributed by atoms with Crippen molar-refractivity contribution in [1.29, 1.82) is 0 Å². The summed E-state index contributed by atoms with van der Waals surface area (Å²) in [4.78, 5) is 17.0. The Bertz CT molecular complexity index is 584. The van der Waals surface area contributed by atoms with Gasteiger partial charge in [0.05, 0.1) is 7.11 Å². The Kier molecular flexibility index (Phi) is 4.58. The Morgan fingerprint density at radius 3 is 2.89 bits per heavy atom. The van der Waals surface area contributed by atoms with E-state index in [9.17, 15) is 4.79 Å². The smallest absolute Gasteiger partial charge is 0.162 e. The minimum Gasteiger partial charge on any atom is -0.497 e. The highest BCUT2D eigenvalue weighted by molar-refractivity contribution is 7.99. The lowest BCUT2D eigenvalue weighted by Crippen LogP contribution is -1.97. The van der Waals surface area contributed by atoms with Crippen molar-refractivity contribution in [2.24, 2.45) is 0 Å². The summed E-state index contributed by atoms with van der Waals surface area (Å²) in [5, 5.41) is 0.813. The highest BCUT2D eigenvalue weighted by Gasteiger charge is 2.06. The van der Waals surface area contributed by atoms with Gasteiger partial charge >= 0.3 is 0 Å². The molecule has 0 saturated heterocycles. The van der Waals surface area contributed by atoms with Crippen LogP contribution in [0, 0.1) is 0 Å². The van der Waals surface area contributed by atoms with Crippen LogP contribution in [0.3, 0.4) is 0 Å². The molecule has 2 rings (SSSR count). The van der Waals surface area contributed by atoms with E-state index < -0.39 is 0 Å². The van der Waals surface area contributed by atoms with Gasteiger partial charge in [-0.3, -0.25) is 4.79 Å². The molecule has 3 nitrogen and oxygen atoms in total. The lowest BCUT2D eigenvalue weighted by atomic mass is 10.1. The van der Waals surface area contributed by atoms with Crippen LogP contribution in [0.5, 0.6) is 5.75 Å². The van der Waals surface area contributed by atoms with Gasteiger partial charge in [-0.05, 0) is 30.3 Å². The molecule has 1 aromatic heterocycles. The largest absolute Gasteiger partial charge is 0.497 e. The predicted octanol–water partition coefficient (Wildman–Crippen LogP) is 3.83. The highest BCUT2D eigenvalue weighted by Crippen LogP contribution is 2.29. The van der Waals surface area contributed by atoms with E-state index in [0.29, 0.717) is 12.0 Å². The average Bonchev–Trinajstić information content (AvgIpc) is 2.47. The zero-order valence-electron chi connectivity index (χ0n) is 10.9. The van der Waals surface area contributed by atoms with Crippen LogP contribution in [-0.2, 0) is 0 Å². The number of hydrogen-bond donors (Lipinski definition) is 0. The number of hydrogen-bond acceptors (Lipinski definition) is 4. The fraction of sp³-hybridized carbons (Fsp3) is 0.200. The van der Waals surface area contributed by atoms with Gasteiger partial charge in [-0.25, -0.2) is 4.98 Å². The van der Waals surface area contributed by atoms with Gasteiger partial charge in [-0.2, -0.15) is 0 Å². The summed E-state index contributed by atoms with van der Waals surface area (Å²) in [5.74, 6) is 0.945. The van der Waals surface area contributed by atoms with Gasteiger partial charge in [0.15, 0.2) is 5.78 Å². The number of methoxy groups -OCH3 is 1. The molecule has 0 unspecified atom stereocenters. The Hall–Kier alpha value is -1.81. The fourth-order valence-corrected chi connectivity index (χ4v) is 2.49. The summed E-state index contributed by atoms with van der Waals surface area (Å²) in [6.45, 7) is 1.86. The number of rotatable bonds is 5. The van der Waals surface area contributed by atoms with E-state index in [2.05, 4.69) is 4.98 Å². The van der Waals surface area contributed by atoms with Crippen LogP contribution in [0.25, 0.3) is 0 Å². The number of Topliss-reactive ketones (excluding diaryl/α,β-unsaturated/α-hetero) is 1. The van der Waals surface area contributed by atoms with Crippen molar-refractivity contribution < 1.29 is 9.53 Å². The highest BCUT2D eigenvalue weighted by atomic mass is 32.2. The molecule has 0 bridgehead atoms. The number of carbonyl (C=O) groups excluding carboxylic acids is 1. The number of benzene rings is 1. The molecule has 0 aliphatic rings. The zero-order chi connectivity index (χ0) is 13.7. The second-order valence-corrected chi connectivity index (χ2v) is 5.03. The molecule has 0 saturated carbocycles. The number of carbonyl (C=O) groups is 1. The van der Waals surface area contributed by atoms with Crippen LogP contribution in [0.2, 0.25) is 0 Å².